The smallest absolute Gasteiger partial charge is 0.175 e. The van der Waals surface area contributed by atoms with Crippen LogP contribution in [-0.4, -0.2) is 35.0 Å². The molecule has 2 N–H and O–H groups in total. The van der Waals surface area contributed by atoms with Crippen molar-refractivity contribution in [3.05, 3.63) is 60.2 Å². The van der Waals surface area contributed by atoms with E-state index >= 15 is 0 Å². The SMILES string of the molecule is C=C(/C=N\C=N/C)c1cccc(C2(C)Cn3ccnc3C(N)=N2)c1. The lowest BCUT2D eigenvalue weighted by Gasteiger charge is -2.31. The molecule has 6 heteroatoms. The number of benzene rings is 1. The number of fused-ring (bicyclic) bond motifs is 1. The van der Waals surface area contributed by atoms with E-state index in [1.807, 2.05) is 22.9 Å². The van der Waals surface area contributed by atoms with Gasteiger partial charge in [-0.05, 0) is 29.7 Å². The summed E-state index contributed by atoms with van der Waals surface area (Å²) in [6.45, 7) is 6.82. The monoisotopic (exact) mass is 320 g/mol. The maximum absolute atomic E-state index is 6.10. The number of rotatable bonds is 4. The molecule has 1 aromatic heterocycles. The van der Waals surface area contributed by atoms with Crippen LogP contribution in [0.25, 0.3) is 5.57 Å². The molecule has 0 spiro atoms. The molecule has 0 amide bonds. The minimum atomic E-state index is -0.448. The van der Waals surface area contributed by atoms with E-state index in [0.29, 0.717) is 12.4 Å². The highest BCUT2D eigenvalue weighted by Crippen LogP contribution is 2.32. The lowest BCUT2D eigenvalue weighted by atomic mass is 9.89. The van der Waals surface area contributed by atoms with Crippen molar-refractivity contribution in [2.24, 2.45) is 20.7 Å². The Morgan fingerprint density at radius 3 is 3.08 bits per heavy atom. The molecule has 0 saturated carbocycles. The van der Waals surface area contributed by atoms with Gasteiger partial charge in [0, 0.05) is 25.7 Å². The maximum Gasteiger partial charge on any atom is 0.175 e. The summed E-state index contributed by atoms with van der Waals surface area (Å²) in [4.78, 5) is 16.9. The molecule has 6 nitrogen and oxygen atoms in total. The zero-order chi connectivity index (χ0) is 17.2. The van der Waals surface area contributed by atoms with Gasteiger partial charge in [0.2, 0.25) is 0 Å². The first-order chi connectivity index (χ1) is 11.5. The van der Waals surface area contributed by atoms with E-state index in [4.69, 9.17) is 10.7 Å². The zero-order valence-corrected chi connectivity index (χ0v) is 13.8. The number of nitrogens with two attached hydrogens (primary N) is 1. The predicted molar refractivity (Wildman–Crippen MR) is 98.7 cm³/mol. The van der Waals surface area contributed by atoms with E-state index in [0.717, 1.165) is 22.5 Å². The van der Waals surface area contributed by atoms with E-state index in [9.17, 15) is 0 Å². The van der Waals surface area contributed by atoms with Crippen molar-refractivity contribution in [3.63, 3.8) is 0 Å². The van der Waals surface area contributed by atoms with E-state index in [1.165, 1.54) is 6.34 Å². The number of aliphatic imine (C=N–C) groups is 3. The van der Waals surface area contributed by atoms with Crippen LogP contribution in [0.1, 0.15) is 23.9 Å². The lowest BCUT2D eigenvalue weighted by molar-refractivity contribution is 0.400. The van der Waals surface area contributed by atoms with Gasteiger partial charge in [0.1, 0.15) is 11.9 Å². The predicted octanol–water partition coefficient (Wildman–Crippen LogP) is 2.26. The number of nitrogens with zero attached hydrogens (tertiary/aromatic N) is 5. The third-order valence-corrected chi connectivity index (χ3v) is 4.06. The van der Waals surface area contributed by atoms with Crippen LogP contribution < -0.4 is 5.73 Å². The van der Waals surface area contributed by atoms with Gasteiger partial charge in [-0.3, -0.25) is 9.98 Å². The third-order valence-electron chi connectivity index (χ3n) is 4.06. The maximum atomic E-state index is 6.10. The minimum absolute atomic E-state index is 0.448. The molecule has 1 aliphatic heterocycles. The van der Waals surface area contributed by atoms with E-state index in [-0.39, 0.29) is 0 Å². The summed E-state index contributed by atoms with van der Waals surface area (Å²) in [5.74, 6) is 1.18. The summed E-state index contributed by atoms with van der Waals surface area (Å²) < 4.78 is 2.03. The summed E-state index contributed by atoms with van der Waals surface area (Å²) in [5.41, 5.74) is 8.53. The van der Waals surface area contributed by atoms with E-state index in [1.54, 1.807) is 19.5 Å². The average Bonchev–Trinajstić information content (AvgIpc) is 3.03. The Bertz CT molecular complexity index is 858. The molecule has 1 aliphatic rings. The van der Waals surface area contributed by atoms with Gasteiger partial charge in [-0.25, -0.2) is 9.98 Å². The summed E-state index contributed by atoms with van der Waals surface area (Å²) in [6.07, 6.45) is 6.85. The molecule has 122 valence electrons. The summed E-state index contributed by atoms with van der Waals surface area (Å²) in [5, 5.41) is 0. The first-order valence-corrected chi connectivity index (χ1v) is 7.64. The fourth-order valence-corrected chi connectivity index (χ4v) is 2.83. The zero-order valence-electron chi connectivity index (χ0n) is 13.8. The largest absolute Gasteiger partial charge is 0.381 e. The summed E-state index contributed by atoms with van der Waals surface area (Å²) in [6, 6.07) is 8.14. The van der Waals surface area contributed by atoms with Crippen molar-refractivity contribution in [1.82, 2.24) is 9.55 Å². The molecule has 0 fully saturated rings. The molecule has 0 saturated heterocycles. The van der Waals surface area contributed by atoms with Crippen LogP contribution in [0.3, 0.4) is 0 Å². The normalized spacial score (nSPS) is 20.3. The number of amidine groups is 1. The molecule has 1 aromatic carbocycles. The standard InChI is InChI=1S/C18H20N6/c1-13(10-21-12-20-3)14-5-4-6-15(9-14)18(2)11-24-8-7-22-17(24)16(19)23-18/h4-10,12H,1,11H2,2-3H3,(H2,19,23)/b20-12-,21-10-. The molecule has 24 heavy (non-hydrogen) atoms. The van der Waals surface area contributed by atoms with Gasteiger partial charge < -0.3 is 10.3 Å². The van der Waals surface area contributed by atoms with Gasteiger partial charge in [-0.1, -0.05) is 24.8 Å². The molecule has 2 heterocycles. The van der Waals surface area contributed by atoms with Crippen molar-refractivity contribution in [1.29, 1.82) is 0 Å². The minimum Gasteiger partial charge on any atom is -0.381 e. The molecule has 1 atom stereocenters. The fraction of sp³-hybridized carbons (Fsp3) is 0.222. The molecular formula is C18H20N6. The topological polar surface area (TPSA) is 80.9 Å². The highest BCUT2D eigenvalue weighted by molar-refractivity contribution is 6.10. The van der Waals surface area contributed by atoms with Crippen LogP contribution in [0.15, 0.2) is 58.2 Å². The van der Waals surface area contributed by atoms with Crippen LogP contribution in [-0.2, 0) is 12.1 Å². The summed E-state index contributed by atoms with van der Waals surface area (Å²) in [7, 11) is 1.68. The molecule has 2 aromatic rings. The Kier molecular flexibility index (Phi) is 4.12. The van der Waals surface area contributed by atoms with Gasteiger partial charge in [0.25, 0.3) is 0 Å². The molecule has 0 bridgehead atoms. The Hall–Kier alpha value is -3.02. The van der Waals surface area contributed by atoms with Crippen molar-refractivity contribution in [2.75, 3.05) is 7.05 Å². The Balaban J connectivity index is 1.94. The van der Waals surface area contributed by atoms with Crippen LogP contribution in [0.4, 0.5) is 0 Å². The molecule has 0 radical (unpaired) electrons. The van der Waals surface area contributed by atoms with Crippen molar-refractivity contribution < 1.29 is 0 Å². The quantitative estimate of drug-likeness (QED) is 0.692. The first-order valence-electron chi connectivity index (χ1n) is 7.64. The lowest BCUT2D eigenvalue weighted by Crippen LogP contribution is -2.37. The van der Waals surface area contributed by atoms with E-state index in [2.05, 4.69) is 40.6 Å². The Labute approximate surface area is 141 Å². The molecule has 0 aliphatic carbocycles. The van der Waals surface area contributed by atoms with Gasteiger partial charge in [-0.2, -0.15) is 0 Å². The van der Waals surface area contributed by atoms with Crippen LogP contribution in [0, 0.1) is 0 Å². The number of hydrogen-bond acceptors (Lipinski definition) is 4. The molecule has 3 rings (SSSR count). The first kappa shape index (κ1) is 15.9. The number of aromatic nitrogens is 2. The molecule has 1 unspecified atom stereocenters. The van der Waals surface area contributed by atoms with E-state index < -0.39 is 5.54 Å². The van der Waals surface area contributed by atoms with Crippen molar-refractivity contribution in [3.8, 4) is 0 Å². The van der Waals surface area contributed by atoms with Crippen LogP contribution >= 0.6 is 0 Å². The van der Waals surface area contributed by atoms with Gasteiger partial charge >= 0.3 is 0 Å². The fourth-order valence-electron chi connectivity index (χ4n) is 2.83. The summed E-state index contributed by atoms with van der Waals surface area (Å²) >= 11 is 0. The van der Waals surface area contributed by atoms with Crippen molar-refractivity contribution >= 4 is 24.0 Å². The number of hydrogen-bond donors (Lipinski definition) is 1. The second kappa shape index (κ2) is 6.23. The van der Waals surface area contributed by atoms with Crippen molar-refractivity contribution in [2.45, 2.75) is 19.0 Å². The Morgan fingerprint density at radius 2 is 2.29 bits per heavy atom. The van der Waals surface area contributed by atoms with Gasteiger partial charge in [0.05, 0.1) is 6.54 Å². The average molecular weight is 320 g/mol. The second-order valence-corrected chi connectivity index (χ2v) is 5.91. The number of allylic oxidation sites excluding steroid dienone is 1. The van der Waals surface area contributed by atoms with Crippen LogP contribution in [0.2, 0.25) is 0 Å². The number of imidazole rings is 1. The Morgan fingerprint density at radius 1 is 1.46 bits per heavy atom. The third kappa shape index (κ3) is 2.90. The van der Waals surface area contributed by atoms with Gasteiger partial charge in [0.15, 0.2) is 11.7 Å². The highest BCUT2D eigenvalue weighted by atomic mass is 15.2. The van der Waals surface area contributed by atoms with Gasteiger partial charge in [-0.15, -0.1) is 0 Å². The molecular weight excluding hydrogens is 300 g/mol. The second-order valence-electron chi connectivity index (χ2n) is 5.91. The highest BCUT2D eigenvalue weighted by Gasteiger charge is 2.32. The van der Waals surface area contributed by atoms with Crippen LogP contribution in [0.5, 0.6) is 0 Å².